The van der Waals surface area contributed by atoms with Crippen molar-refractivity contribution in [2.45, 2.75) is 13.0 Å². The smallest absolute Gasteiger partial charge is 0.262 e. The van der Waals surface area contributed by atoms with Crippen LogP contribution >= 0.6 is 0 Å². The summed E-state index contributed by atoms with van der Waals surface area (Å²) >= 11 is 0. The number of aromatic amines is 1. The van der Waals surface area contributed by atoms with E-state index in [1.165, 1.54) is 0 Å². The van der Waals surface area contributed by atoms with Gasteiger partial charge in [-0.1, -0.05) is 0 Å². The molecule has 1 N–H and O–H groups in total. The SMILES string of the molecule is O=c1c2cc[nH]c2ncn1CCc1ccoc1. The first-order chi connectivity index (χ1) is 8.34. The Labute approximate surface area is 96.7 Å². The molecular formula is C12H11N3O2. The largest absolute Gasteiger partial charge is 0.472 e. The van der Waals surface area contributed by atoms with E-state index in [4.69, 9.17) is 4.42 Å². The maximum absolute atomic E-state index is 12.0. The molecule has 5 heteroatoms. The fourth-order valence-corrected chi connectivity index (χ4v) is 1.82. The lowest BCUT2D eigenvalue weighted by Crippen LogP contribution is -2.21. The summed E-state index contributed by atoms with van der Waals surface area (Å²) in [4.78, 5) is 19.1. The van der Waals surface area contributed by atoms with Gasteiger partial charge in [0.15, 0.2) is 0 Å². The minimum absolute atomic E-state index is 0.0141. The monoisotopic (exact) mass is 229 g/mol. The summed E-state index contributed by atoms with van der Waals surface area (Å²) in [6, 6.07) is 3.65. The average Bonchev–Trinajstić information content (AvgIpc) is 2.99. The van der Waals surface area contributed by atoms with Crippen LogP contribution in [-0.4, -0.2) is 14.5 Å². The third-order valence-corrected chi connectivity index (χ3v) is 2.76. The Morgan fingerprint density at radius 3 is 3.18 bits per heavy atom. The summed E-state index contributed by atoms with van der Waals surface area (Å²) in [6.45, 7) is 0.604. The second-order valence-electron chi connectivity index (χ2n) is 3.86. The van der Waals surface area contributed by atoms with Crippen molar-refractivity contribution < 1.29 is 4.42 Å². The number of rotatable bonds is 3. The summed E-state index contributed by atoms with van der Waals surface area (Å²) in [7, 11) is 0. The molecule has 0 spiro atoms. The molecule has 5 nitrogen and oxygen atoms in total. The third kappa shape index (κ3) is 1.75. The lowest BCUT2D eigenvalue weighted by molar-refractivity contribution is 0.560. The minimum atomic E-state index is -0.0141. The molecule has 0 saturated carbocycles. The highest BCUT2D eigenvalue weighted by Gasteiger charge is 2.04. The van der Waals surface area contributed by atoms with E-state index >= 15 is 0 Å². The van der Waals surface area contributed by atoms with Crippen LogP contribution in [0.15, 0.2) is 46.4 Å². The maximum atomic E-state index is 12.0. The Kier molecular flexibility index (Phi) is 2.29. The molecule has 3 aromatic heterocycles. The van der Waals surface area contributed by atoms with Gasteiger partial charge in [-0.05, 0) is 24.1 Å². The van der Waals surface area contributed by atoms with Crippen LogP contribution in [0.25, 0.3) is 11.0 Å². The van der Waals surface area contributed by atoms with Crippen LogP contribution in [0.3, 0.4) is 0 Å². The Balaban J connectivity index is 1.90. The summed E-state index contributed by atoms with van der Waals surface area (Å²) < 4.78 is 6.60. The highest BCUT2D eigenvalue weighted by atomic mass is 16.3. The quantitative estimate of drug-likeness (QED) is 0.741. The molecule has 17 heavy (non-hydrogen) atoms. The molecule has 86 valence electrons. The molecule has 0 amide bonds. The summed E-state index contributed by atoms with van der Waals surface area (Å²) in [6.07, 6.45) is 7.37. The van der Waals surface area contributed by atoms with Crippen molar-refractivity contribution in [2.24, 2.45) is 0 Å². The normalized spacial score (nSPS) is 11.1. The predicted octanol–water partition coefficient (Wildman–Crippen LogP) is 1.56. The van der Waals surface area contributed by atoms with Crippen LogP contribution in [0.1, 0.15) is 5.56 Å². The van der Waals surface area contributed by atoms with E-state index in [1.807, 2.05) is 6.07 Å². The van der Waals surface area contributed by atoms with Gasteiger partial charge in [-0.25, -0.2) is 4.98 Å². The van der Waals surface area contributed by atoms with Crippen LogP contribution in [0.2, 0.25) is 0 Å². The van der Waals surface area contributed by atoms with E-state index in [2.05, 4.69) is 9.97 Å². The van der Waals surface area contributed by atoms with Crippen molar-refractivity contribution in [1.29, 1.82) is 0 Å². The van der Waals surface area contributed by atoms with Crippen LogP contribution in [0.5, 0.6) is 0 Å². The Morgan fingerprint density at radius 2 is 2.35 bits per heavy atom. The predicted molar refractivity (Wildman–Crippen MR) is 62.8 cm³/mol. The van der Waals surface area contributed by atoms with E-state index in [-0.39, 0.29) is 5.56 Å². The van der Waals surface area contributed by atoms with Crippen LogP contribution in [0.4, 0.5) is 0 Å². The van der Waals surface area contributed by atoms with Crippen LogP contribution in [-0.2, 0) is 13.0 Å². The van der Waals surface area contributed by atoms with E-state index in [9.17, 15) is 4.79 Å². The molecule has 3 rings (SSSR count). The van der Waals surface area contributed by atoms with Gasteiger partial charge in [-0.3, -0.25) is 9.36 Å². The number of aromatic nitrogens is 3. The molecular weight excluding hydrogens is 218 g/mol. The third-order valence-electron chi connectivity index (χ3n) is 2.76. The van der Waals surface area contributed by atoms with Crippen molar-refractivity contribution >= 4 is 11.0 Å². The lowest BCUT2D eigenvalue weighted by atomic mass is 10.2. The van der Waals surface area contributed by atoms with Crippen LogP contribution < -0.4 is 5.56 Å². The molecule has 0 radical (unpaired) electrons. The first kappa shape index (κ1) is 9.89. The Hall–Kier alpha value is -2.30. The average molecular weight is 229 g/mol. The Morgan fingerprint density at radius 1 is 1.41 bits per heavy atom. The minimum Gasteiger partial charge on any atom is -0.472 e. The molecule has 0 aromatic carbocycles. The molecule has 3 heterocycles. The first-order valence-corrected chi connectivity index (χ1v) is 5.38. The molecule has 3 aromatic rings. The molecule has 0 unspecified atom stereocenters. The Bertz CT molecular complexity index is 679. The van der Waals surface area contributed by atoms with E-state index < -0.39 is 0 Å². The summed E-state index contributed by atoms with van der Waals surface area (Å²) in [5.74, 6) is 0. The number of nitrogens with one attached hydrogen (secondary N) is 1. The second-order valence-corrected chi connectivity index (χ2v) is 3.86. The fourth-order valence-electron chi connectivity index (χ4n) is 1.82. The number of H-pyrrole nitrogens is 1. The second kappa shape index (κ2) is 3.93. The molecule has 0 saturated heterocycles. The summed E-state index contributed by atoms with van der Waals surface area (Å²) in [5, 5.41) is 0.625. The number of aryl methyl sites for hydroxylation is 2. The highest BCUT2D eigenvalue weighted by molar-refractivity contribution is 5.73. The topological polar surface area (TPSA) is 63.8 Å². The van der Waals surface area contributed by atoms with E-state index in [0.29, 0.717) is 17.6 Å². The van der Waals surface area contributed by atoms with Gasteiger partial charge in [-0.2, -0.15) is 0 Å². The van der Waals surface area contributed by atoms with E-state index in [0.717, 1.165) is 12.0 Å². The fraction of sp³-hybridized carbons (Fsp3) is 0.167. The molecule has 0 bridgehead atoms. The van der Waals surface area contributed by atoms with Gasteiger partial charge in [0.05, 0.1) is 24.2 Å². The number of nitrogens with zero attached hydrogens (tertiary/aromatic N) is 2. The van der Waals surface area contributed by atoms with Crippen molar-refractivity contribution in [1.82, 2.24) is 14.5 Å². The van der Waals surface area contributed by atoms with Gasteiger partial charge in [0.2, 0.25) is 0 Å². The van der Waals surface area contributed by atoms with Gasteiger partial charge in [0.1, 0.15) is 5.65 Å². The zero-order chi connectivity index (χ0) is 11.7. The van der Waals surface area contributed by atoms with Gasteiger partial charge >= 0.3 is 0 Å². The first-order valence-electron chi connectivity index (χ1n) is 5.38. The van der Waals surface area contributed by atoms with Crippen molar-refractivity contribution in [3.05, 3.63) is 53.1 Å². The van der Waals surface area contributed by atoms with Crippen molar-refractivity contribution in [2.75, 3.05) is 0 Å². The number of hydrogen-bond donors (Lipinski definition) is 1. The molecule has 0 atom stereocenters. The van der Waals surface area contributed by atoms with E-state index in [1.54, 1.807) is 35.7 Å². The number of fused-ring (bicyclic) bond motifs is 1. The molecule has 0 aliphatic heterocycles. The van der Waals surface area contributed by atoms with Gasteiger partial charge in [-0.15, -0.1) is 0 Å². The van der Waals surface area contributed by atoms with Crippen molar-refractivity contribution in [3.8, 4) is 0 Å². The maximum Gasteiger partial charge on any atom is 0.262 e. The number of furan rings is 1. The molecule has 0 aliphatic rings. The summed E-state index contributed by atoms with van der Waals surface area (Å²) in [5.41, 5.74) is 1.69. The lowest BCUT2D eigenvalue weighted by Gasteiger charge is -2.03. The highest BCUT2D eigenvalue weighted by Crippen LogP contribution is 2.04. The van der Waals surface area contributed by atoms with Gasteiger partial charge in [0, 0.05) is 12.7 Å². The van der Waals surface area contributed by atoms with Crippen molar-refractivity contribution in [3.63, 3.8) is 0 Å². The number of hydrogen-bond acceptors (Lipinski definition) is 3. The standard InChI is InChI=1S/C12H11N3O2/c16-12-10-1-4-13-11(10)14-8-15(12)5-2-9-3-6-17-7-9/h1,3-4,6-8,13H,2,5H2. The zero-order valence-corrected chi connectivity index (χ0v) is 9.09. The van der Waals surface area contributed by atoms with Crippen LogP contribution in [0, 0.1) is 0 Å². The zero-order valence-electron chi connectivity index (χ0n) is 9.09. The molecule has 0 fully saturated rings. The van der Waals surface area contributed by atoms with Gasteiger partial charge < -0.3 is 9.40 Å². The molecule has 0 aliphatic carbocycles. The van der Waals surface area contributed by atoms with Gasteiger partial charge in [0.25, 0.3) is 5.56 Å².